The van der Waals surface area contributed by atoms with Crippen LogP contribution in [0.2, 0.25) is 0 Å². The molecule has 2 heterocycles. The first-order valence-corrected chi connectivity index (χ1v) is 3.96. The largest absolute Gasteiger partial charge is 0.487 e. The fourth-order valence-electron chi connectivity index (χ4n) is 1.52. The molecule has 1 aliphatic carbocycles. The molecular weight excluding hydrogens is 150 g/mol. The Hall–Kier alpha value is -1.57. The Morgan fingerprint density at radius 3 is 3.42 bits per heavy atom. The monoisotopic (exact) mass is 157 g/mol. The SMILES string of the molecule is C1=Cc2nc3c(cc2=C1)OCC=3. The minimum atomic E-state index is 0.662. The summed E-state index contributed by atoms with van der Waals surface area (Å²) in [5.74, 6) is 0.911. The van der Waals surface area contributed by atoms with Crippen LogP contribution in [0.1, 0.15) is 5.69 Å². The van der Waals surface area contributed by atoms with Gasteiger partial charge in [0, 0.05) is 5.22 Å². The molecule has 1 aromatic rings. The molecule has 3 rings (SSSR count). The molecule has 0 spiro atoms. The van der Waals surface area contributed by atoms with E-state index in [-0.39, 0.29) is 0 Å². The zero-order valence-corrected chi connectivity index (χ0v) is 6.45. The maximum absolute atomic E-state index is 5.36. The van der Waals surface area contributed by atoms with Crippen LogP contribution in [0.3, 0.4) is 0 Å². The van der Waals surface area contributed by atoms with Crippen molar-refractivity contribution in [1.29, 1.82) is 0 Å². The third-order valence-corrected chi connectivity index (χ3v) is 2.12. The van der Waals surface area contributed by atoms with Gasteiger partial charge in [-0.05, 0) is 18.2 Å². The molecular formula is C10H7NO. The second kappa shape index (κ2) is 1.97. The molecule has 0 unspecified atom stereocenters. The zero-order chi connectivity index (χ0) is 7.97. The Bertz CT molecular complexity index is 485. The van der Waals surface area contributed by atoms with E-state index in [0.717, 1.165) is 22.0 Å². The molecule has 0 fully saturated rings. The van der Waals surface area contributed by atoms with Gasteiger partial charge in [-0.15, -0.1) is 0 Å². The Kier molecular flexibility index (Phi) is 0.987. The molecule has 58 valence electrons. The summed E-state index contributed by atoms with van der Waals surface area (Å²) >= 11 is 0. The van der Waals surface area contributed by atoms with Gasteiger partial charge >= 0.3 is 0 Å². The highest BCUT2D eigenvalue weighted by Crippen LogP contribution is 2.06. The Labute approximate surface area is 69.5 Å². The summed E-state index contributed by atoms with van der Waals surface area (Å²) in [5, 5.41) is 2.14. The lowest BCUT2D eigenvalue weighted by molar-refractivity contribution is 0.384. The molecule has 0 radical (unpaired) electrons. The lowest BCUT2D eigenvalue weighted by Crippen LogP contribution is -2.15. The highest BCUT2D eigenvalue weighted by atomic mass is 16.5. The standard InChI is InChI=1S/C10H7NO/c1-2-7-6-10-9(4-5-12-10)11-8(7)3-1/h1-4,6H,5H2. The minimum Gasteiger partial charge on any atom is -0.487 e. The second-order valence-electron chi connectivity index (χ2n) is 2.89. The lowest BCUT2D eigenvalue weighted by Gasteiger charge is -1.96. The van der Waals surface area contributed by atoms with Crippen molar-refractivity contribution in [3.8, 4) is 5.75 Å². The van der Waals surface area contributed by atoms with Gasteiger partial charge in [0.1, 0.15) is 17.7 Å². The predicted octanol–water partition coefficient (Wildman–Crippen LogP) is 0.0618. The fourth-order valence-corrected chi connectivity index (χ4v) is 1.52. The molecule has 0 amide bonds. The lowest BCUT2D eigenvalue weighted by atomic mass is 10.3. The van der Waals surface area contributed by atoms with E-state index in [2.05, 4.69) is 4.98 Å². The number of pyridine rings is 1. The van der Waals surface area contributed by atoms with Crippen molar-refractivity contribution in [2.24, 2.45) is 0 Å². The number of ether oxygens (including phenoxy) is 1. The van der Waals surface area contributed by atoms with E-state index in [4.69, 9.17) is 4.74 Å². The van der Waals surface area contributed by atoms with Crippen LogP contribution in [0.15, 0.2) is 12.1 Å². The summed E-state index contributed by atoms with van der Waals surface area (Å²) in [6.07, 6.45) is 8.07. The maximum Gasteiger partial charge on any atom is 0.145 e. The number of fused-ring (bicyclic) bond motifs is 2. The van der Waals surface area contributed by atoms with Gasteiger partial charge in [0.05, 0.1) is 5.69 Å². The average Bonchev–Trinajstić information content (AvgIpc) is 2.64. The van der Waals surface area contributed by atoms with Crippen molar-refractivity contribution >= 4 is 18.2 Å². The molecule has 0 atom stereocenters. The third kappa shape index (κ3) is 0.666. The van der Waals surface area contributed by atoms with Crippen LogP contribution in [-0.2, 0) is 0 Å². The van der Waals surface area contributed by atoms with Gasteiger partial charge in [-0.3, -0.25) is 0 Å². The maximum atomic E-state index is 5.36. The Morgan fingerprint density at radius 1 is 1.42 bits per heavy atom. The Morgan fingerprint density at radius 2 is 2.42 bits per heavy atom. The molecule has 2 heteroatoms. The first-order chi connectivity index (χ1) is 5.93. The van der Waals surface area contributed by atoms with Gasteiger partial charge < -0.3 is 4.74 Å². The molecule has 2 aliphatic rings. The molecule has 12 heavy (non-hydrogen) atoms. The highest BCUT2D eigenvalue weighted by molar-refractivity contribution is 5.65. The van der Waals surface area contributed by atoms with Crippen molar-refractivity contribution in [2.75, 3.05) is 6.61 Å². The summed E-state index contributed by atoms with van der Waals surface area (Å²) in [6.45, 7) is 0.662. The van der Waals surface area contributed by atoms with Crippen LogP contribution >= 0.6 is 0 Å². The number of rotatable bonds is 0. The summed E-state index contributed by atoms with van der Waals surface area (Å²) in [5.41, 5.74) is 1.05. The second-order valence-corrected chi connectivity index (χ2v) is 2.89. The van der Waals surface area contributed by atoms with Crippen LogP contribution in [0.4, 0.5) is 0 Å². The van der Waals surface area contributed by atoms with Gasteiger partial charge in [-0.2, -0.15) is 0 Å². The molecule has 0 N–H and O–H groups in total. The summed E-state index contributed by atoms with van der Waals surface area (Å²) in [7, 11) is 0. The van der Waals surface area contributed by atoms with Crippen molar-refractivity contribution in [1.82, 2.24) is 4.98 Å². The fraction of sp³-hybridized carbons (Fsp3) is 0.100. The van der Waals surface area contributed by atoms with Crippen molar-refractivity contribution in [3.05, 3.63) is 28.4 Å². The minimum absolute atomic E-state index is 0.662. The van der Waals surface area contributed by atoms with Gasteiger partial charge in [0.2, 0.25) is 0 Å². The van der Waals surface area contributed by atoms with E-state index in [0.29, 0.717) is 6.61 Å². The van der Waals surface area contributed by atoms with E-state index < -0.39 is 0 Å². The summed E-state index contributed by atoms with van der Waals surface area (Å²) < 4.78 is 5.36. The number of allylic oxidation sites excluding steroid dienone is 1. The summed E-state index contributed by atoms with van der Waals surface area (Å²) in [4.78, 5) is 4.44. The molecule has 1 aliphatic heterocycles. The van der Waals surface area contributed by atoms with Crippen molar-refractivity contribution < 1.29 is 4.74 Å². The van der Waals surface area contributed by atoms with Crippen LogP contribution in [0.5, 0.6) is 5.75 Å². The molecule has 0 bridgehead atoms. The summed E-state index contributed by atoms with van der Waals surface area (Å²) in [6, 6.07) is 2.04. The van der Waals surface area contributed by atoms with E-state index in [1.165, 1.54) is 0 Å². The number of aromatic nitrogens is 1. The topological polar surface area (TPSA) is 22.1 Å². The van der Waals surface area contributed by atoms with Crippen LogP contribution in [-0.4, -0.2) is 11.6 Å². The molecule has 0 saturated heterocycles. The zero-order valence-electron chi connectivity index (χ0n) is 6.45. The van der Waals surface area contributed by atoms with Crippen molar-refractivity contribution in [3.63, 3.8) is 0 Å². The van der Waals surface area contributed by atoms with Gasteiger partial charge in [0.15, 0.2) is 0 Å². The van der Waals surface area contributed by atoms with Gasteiger partial charge in [-0.1, -0.05) is 12.2 Å². The van der Waals surface area contributed by atoms with E-state index in [1.54, 1.807) is 0 Å². The highest BCUT2D eigenvalue weighted by Gasteiger charge is 2.07. The number of nitrogens with zero attached hydrogens (tertiary/aromatic N) is 1. The van der Waals surface area contributed by atoms with Gasteiger partial charge in [0.25, 0.3) is 0 Å². The van der Waals surface area contributed by atoms with Crippen LogP contribution in [0.25, 0.3) is 18.2 Å². The smallest absolute Gasteiger partial charge is 0.145 e. The van der Waals surface area contributed by atoms with E-state index in [1.807, 2.05) is 30.4 Å². The van der Waals surface area contributed by atoms with E-state index >= 15 is 0 Å². The first-order valence-electron chi connectivity index (χ1n) is 3.96. The number of hydrogen-bond donors (Lipinski definition) is 0. The van der Waals surface area contributed by atoms with E-state index in [9.17, 15) is 0 Å². The molecule has 1 aromatic heterocycles. The van der Waals surface area contributed by atoms with Crippen LogP contribution < -0.4 is 15.3 Å². The molecule has 0 aromatic carbocycles. The first kappa shape index (κ1) is 6.00. The number of hydrogen-bond acceptors (Lipinski definition) is 2. The quantitative estimate of drug-likeness (QED) is 0.531. The van der Waals surface area contributed by atoms with Crippen molar-refractivity contribution in [2.45, 2.75) is 0 Å². The molecule has 2 nitrogen and oxygen atoms in total. The average molecular weight is 157 g/mol. The molecule has 0 saturated carbocycles. The third-order valence-electron chi connectivity index (χ3n) is 2.12. The normalized spacial score (nSPS) is 16.0. The predicted molar refractivity (Wildman–Crippen MR) is 46.9 cm³/mol. The van der Waals surface area contributed by atoms with Gasteiger partial charge in [-0.25, -0.2) is 4.98 Å². The van der Waals surface area contributed by atoms with Crippen LogP contribution in [0, 0.1) is 0 Å². The Balaban J connectivity index is 2.45.